The number of piperidine rings is 1. The van der Waals surface area contributed by atoms with E-state index in [1.54, 1.807) is 18.4 Å². The van der Waals surface area contributed by atoms with Crippen molar-refractivity contribution in [2.75, 3.05) is 52.8 Å². The molecule has 0 spiro atoms. The van der Waals surface area contributed by atoms with Gasteiger partial charge in [-0.05, 0) is 38.4 Å². The van der Waals surface area contributed by atoms with Crippen LogP contribution in [0.25, 0.3) is 0 Å². The third-order valence-corrected chi connectivity index (χ3v) is 5.46. The maximum Gasteiger partial charge on any atom is 0.230 e. The van der Waals surface area contributed by atoms with Gasteiger partial charge in [0.15, 0.2) is 5.13 Å². The van der Waals surface area contributed by atoms with Crippen molar-refractivity contribution in [2.24, 2.45) is 5.41 Å². The number of aromatic nitrogens is 1. The summed E-state index contributed by atoms with van der Waals surface area (Å²) in [4.78, 5) is 10.1. The number of nitrogens with zero attached hydrogens (tertiary/aromatic N) is 3. The molecule has 1 fully saturated rings. The van der Waals surface area contributed by atoms with Crippen molar-refractivity contribution in [1.29, 1.82) is 0 Å². The fraction of sp³-hybridized carbons (Fsp3) is 0.800. The van der Waals surface area contributed by atoms with Crippen LogP contribution in [-0.2, 0) is 6.54 Å². The normalized spacial score (nSPS) is 18.7. The molecule has 0 aromatic carbocycles. The lowest BCUT2D eigenvalue weighted by molar-refractivity contribution is 0.137. The van der Waals surface area contributed by atoms with Crippen LogP contribution in [0, 0.1) is 5.41 Å². The summed E-state index contributed by atoms with van der Waals surface area (Å²) in [5.41, 5.74) is 0.412. The molecule has 120 valence electrons. The number of hydrogen-bond donors (Lipinski definition) is 1. The second-order valence-electron chi connectivity index (χ2n) is 6.54. The van der Waals surface area contributed by atoms with Crippen molar-refractivity contribution >= 4 is 16.5 Å². The van der Waals surface area contributed by atoms with Gasteiger partial charge >= 0.3 is 0 Å². The second-order valence-corrected chi connectivity index (χ2v) is 7.60. The lowest BCUT2D eigenvalue weighted by Crippen LogP contribution is -2.41. The molecule has 5 nitrogen and oxygen atoms in total. The minimum Gasteiger partial charge on any atom is -0.480 e. The highest BCUT2D eigenvalue weighted by Crippen LogP contribution is 2.32. The van der Waals surface area contributed by atoms with E-state index in [9.17, 15) is 0 Å². The minimum atomic E-state index is 0.412. The first kappa shape index (κ1) is 16.5. The van der Waals surface area contributed by atoms with Gasteiger partial charge in [0.05, 0.1) is 12.0 Å². The van der Waals surface area contributed by atoms with E-state index in [0.717, 1.165) is 24.1 Å². The van der Waals surface area contributed by atoms with E-state index in [4.69, 9.17) is 4.74 Å². The molecule has 1 saturated heterocycles. The number of ether oxygens (including phenoxy) is 1. The van der Waals surface area contributed by atoms with E-state index in [0.29, 0.717) is 5.41 Å². The molecule has 0 saturated carbocycles. The quantitative estimate of drug-likeness (QED) is 0.870. The van der Waals surface area contributed by atoms with E-state index >= 15 is 0 Å². The number of likely N-dealkylation sites (tertiary alicyclic amines) is 1. The summed E-state index contributed by atoms with van der Waals surface area (Å²) in [6.45, 7) is 6.68. The molecule has 0 radical (unpaired) electrons. The molecule has 1 aliphatic rings. The summed E-state index contributed by atoms with van der Waals surface area (Å²) in [6, 6.07) is 0. The first-order chi connectivity index (χ1) is 9.93. The van der Waals surface area contributed by atoms with Gasteiger partial charge in [-0.15, -0.1) is 0 Å². The number of methoxy groups -OCH3 is 1. The van der Waals surface area contributed by atoms with Gasteiger partial charge in [0, 0.05) is 27.2 Å². The fourth-order valence-corrected chi connectivity index (χ4v) is 3.52. The van der Waals surface area contributed by atoms with Crippen LogP contribution < -0.4 is 15.0 Å². The van der Waals surface area contributed by atoms with Crippen LogP contribution in [0.5, 0.6) is 5.88 Å². The number of anilines is 1. The van der Waals surface area contributed by atoms with E-state index in [1.807, 2.05) is 19.0 Å². The van der Waals surface area contributed by atoms with Crippen LogP contribution in [0.4, 0.5) is 5.13 Å². The Balaban J connectivity index is 1.88. The predicted octanol–water partition coefficient (Wildman–Crippen LogP) is 2.04. The van der Waals surface area contributed by atoms with E-state index in [2.05, 4.69) is 29.2 Å². The lowest BCUT2D eigenvalue weighted by Gasteiger charge is -2.38. The molecule has 1 N–H and O–H groups in total. The zero-order chi connectivity index (χ0) is 15.5. The van der Waals surface area contributed by atoms with Gasteiger partial charge in [-0.2, -0.15) is 4.98 Å². The van der Waals surface area contributed by atoms with Crippen LogP contribution in [0.3, 0.4) is 0 Å². The topological polar surface area (TPSA) is 40.6 Å². The van der Waals surface area contributed by atoms with E-state index in [1.165, 1.54) is 30.8 Å². The SMILES string of the molecule is COc1nc(N(C)C)sc1CNCC1(C)CCN(C)CC1. The molecule has 1 aliphatic heterocycles. The molecule has 21 heavy (non-hydrogen) atoms. The molecule has 1 aromatic rings. The maximum absolute atomic E-state index is 5.38. The second kappa shape index (κ2) is 6.94. The Bertz CT molecular complexity index is 453. The molecule has 2 heterocycles. The molecular weight excluding hydrogens is 284 g/mol. The standard InChI is InChI=1S/C15H28N4OS/c1-15(6-8-19(4)9-7-15)11-16-10-12-13(20-5)17-14(21-12)18(2)3/h16H,6-11H2,1-5H3. The monoisotopic (exact) mass is 312 g/mol. The minimum absolute atomic E-state index is 0.412. The van der Waals surface area contributed by atoms with Crippen LogP contribution in [0.15, 0.2) is 0 Å². The van der Waals surface area contributed by atoms with Gasteiger partial charge in [-0.1, -0.05) is 18.3 Å². The zero-order valence-electron chi connectivity index (χ0n) is 13.9. The van der Waals surface area contributed by atoms with Gasteiger partial charge in [0.25, 0.3) is 0 Å². The molecule has 1 aromatic heterocycles. The first-order valence-corrected chi connectivity index (χ1v) is 8.35. The molecule has 0 unspecified atom stereocenters. The molecule has 6 heteroatoms. The predicted molar refractivity (Wildman–Crippen MR) is 89.5 cm³/mol. The summed E-state index contributed by atoms with van der Waals surface area (Å²) in [5.74, 6) is 0.754. The highest BCUT2D eigenvalue weighted by atomic mass is 32.1. The average molecular weight is 312 g/mol. The summed E-state index contributed by atoms with van der Waals surface area (Å²) in [6.07, 6.45) is 2.53. The first-order valence-electron chi connectivity index (χ1n) is 7.54. The van der Waals surface area contributed by atoms with Crippen molar-refractivity contribution < 1.29 is 4.74 Å². The maximum atomic E-state index is 5.38. The van der Waals surface area contributed by atoms with Crippen LogP contribution in [-0.4, -0.2) is 57.8 Å². The van der Waals surface area contributed by atoms with Crippen molar-refractivity contribution in [2.45, 2.75) is 26.3 Å². The fourth-order valence-electron chi connectivity index (χ4n) is 2.60. The van der Waals surface area contributed by atoms with Crippen LogP contribution >= 0.6 is 11.3 Å². The summed E-state index contributed by atoms with van der Waals surface area (Å²) in [7, 11) is 7.92. The Morgan fingerprint density at radius 2 is 2.05 bits per heavy atom. The summed E-state index contributed by atoms with van der Waals surface area (Å²) < 4.78 is 5.38. The summed E-state index contributed by atoms with van der Waals surface area (Å²) >= 11 is 1.70. The highest BCUT2D eigenvalue weighted by Gasteiger charge is 2.28. The molecule has 0 atom stereocenters. The van der Waals surface area contributed by atoms with Gasteiger partial charge < -0.3 is 19.9 Å². The van der Waals surface area contributed by atoms with E-state index < -0.39 is 0 Å². The molecule has 0 amide bonds. The Morgan fingerprint density at radius 3 is 2.62 bits per heavy atom. The Morgan fingerprint density at radius 1 is 1.38 bits per heavy atom. The highest BCUT2D eigenvalue weighted by molar-refractivity contribution is 7.15. The Hall–Kier alpha value is -0.850. The van der Waals surface area contributed by atoms with Crippen molar-refractivity contribution in [1.82, 2.24) is 15.2 Å². The third kappa shape index (κ3) is 4.31. The van der Waals surface area contributed by atoms with Gasteiger partial charge in [0.2, 0.25) is 5.88 Å². The zero-order valence-corrected chi connectivity index (χ0v) is 14.7. The molecular formula is C15H28N4OS. The van der Waals surface area contributed by atoms with Gasteiger partial charge in [0.1, 0.15) is 0 Å². The Kier molecular flexibility index (Phi) is 5.46. The van der Waals surface area contributed by atoms with Crippen molar-refractivity contribution in [3.05, 3.63) is 4.88 Å². The number of hydrogen-bond acceptors (Lipinski definition) is 6. The lowest BCUT2D eigenvalue weighted by atomic mass is 9.80. The van der Waals surface area contributed by atoms with Gasteiger partial charge in [-0.3, -0.25) is 0 Å². The van der Waals surface area contributed by atoms with Crippen LogP contribution in [0.1, 0.15) is 24.6 Å². The van der Waals surface area contributed by atoms with Crippen molar-refractivity contribution in [3.63, 3.8) is 0 Å². The largest absolute Gasteiger partial charge is 0.480 e. The smallest absolute Gasteiger partial charge is 0.230 e. The molecule has 2 rings (SSSR count). The van der Waals surface area contributed by atoms with Crippen LogP contribution in [0.2, 0.25) is 0 Å². The molecule has 0 aliphatic carbocycles. The van der Waals surface area contributed by atoms with E-state index in [-0.39, 0.29) is 0 Å². The number of rotatable bonds is 6. The molecule has 0 bridgehead atoms. The number of nitrogens with one attached hydrogen (secondary N) is 1. The number of thiazole rings is 1. The summed E-state index contributed by atoms with van der Waals surface area (Å²) in [5, 5.41) is 4.60. The van der Waals surface area contributed by atoms with Gasteiger partial charge in [-0.25, -0.2) is 0 Å². The average Bonchev–Trinajstić information content (AvgIpc) is 2.86. The Labute approximate surface area is 132 Å². The third-order valence-electron chi connectivity index (χ3n) is 4.26. The van der Waals surface area contributed by atoms with Crippen molar-refractivity contribution in [3.8, 4) is 5.88 Å².